The number of aliphatic hydroxyl groups is 1. The topological polar surface area (TPSA) is 32.7 Å². The highest BCUT2D eigenvalue weighted by Crippen LogP contribution is 2.47. The van der Waals surface area contributed by atoms with Crippen molar-refractivity contribution < 1.29 is 9.84 Å². The van der Waals surface area contributed by atoms with E-state index in [1.807, 2.05) is 24.3 Å². The fourth-order valence-corrected chi connectivity index (χ4v) is 5.21. The van der Waals surface area contributed by atoms with Gasteiger partial charge in [0.1, 0.15) is 5.75 Å². The Morgan fingerprint density at radius 1 is 1.07 bits per heavy atom. The number of ether oxygens (including phenoxy) is 1. The van der Waals surface area contributed by atoms with Crippen molar-refractivity contribution in [3.8, 4) is 5.75 Å². The zero-order valence-corrected chi connectivity index (χ0v) is 18.3. The first-order valence-corrected chi connectivity index (χ1v) is 10.5. The van der Waals surface area contributed by atoms with Crippen molar-refractivity contribution >= 4 is 23.2 Å². The van der Waals surface area contributed by atoms with Crippen LogP contribution in [0.2, 0.25) is 10.0 Å². The van der Waals surface area contributed by atoms with Gasteiger partial charge in [0, 0.05) is 34.8 Å². The highest BCUT2D eigenvalue weighted by atomic mass is 35.5. The number of methoxy groups -OCH3 is 1. The lowest BCUT2D eigenvalue weighted by molar-refractivity contribution is -0.0732. The molecule has 3 nitrogen and oxygen atoms in total. The molecule has 5 heteroatoms. The summed E-state index contributed by atoms with van der Waals surface area (Å²) >= 11 is 12.5. The largest absolute Gasteiger partial charge is 0.497 e. The maximum atomic E-state index is 12.1. The van der Waals surface area contributed by atoms with E-state index in [0.29, 0.717) is 16.5 Å². The molecule has 1 N–H and O–H groups in total. The number of hydrogen-bond donors (Lipinski definition) is 1. The Balaban J connectivity index is 1.99. The molecular weight excluding hydrogens is 393 g/mol. The third-order valence-corrected chi connectivity index (χ3v) is 6.31. The van der Waals surface area contributed by atoms with Crippen LogP contribution >= 0.6 is 23.2 Å². The number of rotatable bonds is 6. The smallest absolute Gasteiger partial charge is 0.118 e. The summed E-state index contributed by atoms with van der Waals surface area (Å²) in [5, 5.41) is 13.3. The Kier molecular flexibility index (Phi) is 6.93. The predicted molar refractivity (Wildman–Crippen MR) is 117 cm³/mol. The van der Waals surface area contributed by atoms with Gasteiger partial charge in [-0.25, -0.2) is 0 Å². The Bertz CT molecular complexity index is 773. The van der Waals surface area contributed by atoms with Gasteiger partial charge in [0.2, 0.25) is 0 Å². The molecular formula is C23H29Cl2NO2. The van der Waals surface area contributed by atoms with E-state index in [1.165, 1.54) is 0 Å². The molecule has 0 amide bonds. The zero-order chi connectivity index (χ0) is 20.3. The monoisotopic (exact) mass is 421 g/mol. The number of halogens is 2. The van der Waals surface area contributed by atoms with Crippen molar-refractivity contribution in [1.29, 1.82) is 0 Å². The van der Waals surface area contributed by atoms with E-state index >= 15 is 0 Å². The van der Waals surface area contributed by atoms with Crippen LogP contribution in [0.15, 0.2) is 42.5 Å². The molecule has 152 valence electrons. The average molecular weight is 422 g/mol. The van der Waals surface area contributed by atoms with Gasteiger partial charge in [0.25, 0.3) is 0 Å². The normalized spacial score (nSPS) is 25.1. The highest BCUT2D eigenvalue weighted by molar-refractivity contribution is 6.34. The minimum absolute atomic E-state index is 0.0508. The van der Waals surface area contributed by atoms with Crippen LogP contribution in [-0.2, 0) is 6.42 Å². The lowest BCUT2D eigenvalue weighted by Gasteiger charge is -2.47. The van der Waals surface area contributed by atoms with Crippen molar-refractivity contribution in [2.75, 3.05) is 27.7 Å². The maximum Gasteiger partial charge on any atom is 0.118 e. The maximum absolute atomic E-state index is 12.1. The van der Waals surface area contributed by atoms with Gasteiger partial charge >= 0.3 is 0 Å². The summed E-state index contributed by atoms with van der Waals surface area (Å²) in [6, 6.07) is 13.7. The number of nitrogens with zero attached hydrogens (tertiary/aromatic N) is 1. The quantitative estimate of drug-likeness (QED) is 0.675. The third kappa shape index (κ3) is 4.83. The third-order valence-electron chi connectivity index (χ3n) is 5.87. The van der Waals surface area contributed by atoms with Crippen LogP contribution in [0.4, 0.5) is 0 Å². The van der Waals surface area contributed by atoms with E-state index in [-0.39, 0.29) is 11.8 Å². The molecule has 0 spiro atoms. The summed E-state index contributed by atoms with van der Waals surface area (Å²) in [6.45, 7) is 0.845. The molecule has 0 saturated heterocycles. The predicted octanol–water partition coefficient (Wildman–Crippen LogP) is 5.42. The second-order valence-corrected chi connectivity index (χ2v) is 9.03. The Hall–Kier alpha value is -1.26. The fraction of sp³-hybridized carbons (Fsp3) is 0.478. The standard InChI is InChI=1S/C23H29Cl2NO2/c1-26(2)15-18-5-4-6-22(17-7-9-21(28-3)10-8-17)23(18,27)14-16-11-19(24)13-20(25)12-16/h7-13,18,22,27H,4-6,14-15H2,1-3H3. The first kappa shape index (κ1) is 21.4. The summed E-state index contributed by atoms with van der Waals surface area (Å²) in [6.07, 6.45) is 3.60. The molecule has 0 radical (unpaired) electrons. The molecule has 3 atom stereocenters. The summed E-state index contributed by atoms with van der Waals surface area (Å²) < 4.78 is 5.31. The Labute approximate surface area is 178 Å². The van der Waals surface area contributed by atoms with Crippen molar-refractivity contribution in [3.63, 3.8) is 0 Å². The van der Waals surface area contributed by atoms with E-state index in [1.54, 1.807) is 13.2 Å². The SMILES string of the molecule is COc1ccc(C2CCCC(CN(C)C)C2(O)Cc2cc(Cl)cc(Cl)c2)cc1. The van der Waals surface area contributed by atoms with Gasteiger partial charge in [-0.05, 0) is 68.4 Å². The molecule has 0 bridgehead atoms. The van der Waals surface area contributed by atoms with Gasteiger partial charge in [0.15, 0.2) is 0 Å². The van der Waals surface area contributed by atoms with Crippen LogP contribution in [0.25, 0.3) is 0 Å². The molecule has 0 heterocycles. The molecule has 3 rings (SSSR count). The molecule has 1 aliphatic carbocycles. The molecule has 3 unspecified atom stereocenters. The van der Waals surface area contributed by atoms with Crippen molar-refractivity contribution in [1.82, 2.24) is 4.90 Å². The highest BCUT2D eigenvalue weighted by Gasteiger charge is 2.46. The number of benzene rings is 2. The van der Waals surface area contributed by atoms with E-state index in [4.69, 9.17) is 27.9 Å². The van der Waals surface area contributed by atoms with Gasteiger partial charge < -0.3 is 14.7 Å². The van der Waals surface area contributed by atoms with Crippen LogP contribution < -0.4 is 4.74 Å². The van der Waals surface area contributed by atoms with Crippen molar-refractivity contribution in [3.05, 3.63) is 63.6 Å². The van der Waals surface area contributed by atoms with Gasteiger partial charge in [0.05, 0.1) is 12.7 Å². The van der Waals surface area contributed by atoms with Crippen LogP contribution in [0.3, 0.4) is 0 Å². The fourth-order valence-electron chi connectivity index (χ4n) is 4.64. The first-order valence-electron chi connectivity index (χ1n) is 9.78. The minimum Gasteiger partial charge on any atom is -0.497 e. The summed E-state index contributed by atoms with van der Waals surface area (Å²) in [4.78, 5) is 2.16. The van der Waals surface area contributed by atoms with Crippen molar-refractivity contribution in [2.24, 2.45) is 5.92 Å². The molecule has 1 saturated carbocycles. The van der Waals surface area contributed by atoms with E-state index in [0.717, 1.165) is 42.7 Å². The van der Waals surface area contributed by atoms with Gasteiger partial charge in [-0.2, -0.15) is 0 Å². The Morgan fingerprint density at radius 3 is 2.29 bits per heavy atom. The van der Waals surface area contributed by atoms with Crippen LogP contribution in [-0.4, -0.2) is 43.4 Å². The van der Waals surface area contributed by atoms with Gasteiger partial charge in [-0.1, -0.05) is 41.8 Å². The summed E-state index contributed by atoms with van der Waals surface area (Å²) in [5.41, 5.74) is 1.26. The zero-order valence-electron chi connectivity index (χ0n) is 16.8. The molecule has 28 heavy (non-hydrogen) atoms. The Morgan fingerprint density at radius 2 is 1.71 bits per heavy atom. The van der Waals surface area contributed by atoms with Gasteiger partial charge in [-0.15, -0.1) is 0 Å². The lowest BCUT2D eigenvalue weighted by Crippen LogP contribution is -2.51. The summed E-state index contributed by atoms with van der Waals surface area (Å²) in [5.74, 6) is 1.05. The molecule has 0 aliphatic heterocycles. The minimum atomic E-state index is -0.870. The summed E-state index contributed by atoms with van der Waals surface area (Å²) in [7, 11) is 5.79. The molecule has 0 aromatic heterocycles. The van der Waals surface area contributed by atoms with Gasteiger partial charge in [-0.3, -0.25) is 0 Å². The molecule has 2 aromatic rings. The molecule has 1 aliphatic rings. The van der Waals surface area contributed by atoms with E-state index in [9.17, 15) is 5.11 Å². The molecule has 1 fully saturated rings. The van der Waals surface area contributed by atoms with Crippen molar-refractivity contribution in [2.45, 2.75) is 37.2 Å². The van der Waals surface area contributed by atoms with Crippen LogP contribution in [0.1, 0.15) is 36.3 Å². The number of hydrogen-bond acceptors (Lipinski definition) is 3. The average Bonchev–Trinajstić information content (AvgIpc) is 2.62. The lowest BCUT2D eigenvalue weighted by atomic mass is 9.63. The van der Waals surface area contributed by atoms with E-state index in [2.05, 4.69) is 31.1 Å². The second kappa shape index (κ2) is 9.04. The first-order chi connectivity index (χ1) is 13.3. The van der Waals surface area contributed by atoms with Crippen LogP contribution in [0, 0.1) is 5.92 Å². The second-order valence-electron chi connectivity index (χ2n) is 8.16. The van der Waals surface area contributed by atoms with E-state index < -0.39 is 5.60 Å². The molecule has 2 aromatic carbocycles. The van der Waals surface area contributed by atoms with Crippen LogP contribution in [0.5, 0.6) is 5.75 Å².